The summed E-state index contributed by atoms with van der Waals surface area (Å²) >= 11 is 1.30. The molecular formula is C10H14N4O2S. The maximum atomic E-state index is 11.2. The van der Waals surface area contributed by atoms with Crippen LogP contribution >= 0.6 is 11.8 Å². The van der Waals surface area contributed by atoms with Gasteiger partial charge < -0.3 is 16.3 Å². The van der Waals surface area contributed by atoms with Crippen LogP contribution in [0.3, 0.4) is 0 Å². The Labute approximate surface area is 103 Å². The Hall–Kier alpha value is -1.76. The summed E-state index contributed by atoms with van der Waals surface area (Å²) in [7, 11) is 0. The van der Waals surface area contributed by atoms with Crippen LogP contribution in [0.2, 0.25) is 0 Å². The van der Waals surface area contributed by atoms with Gasteiger partial charge in [0.05, 0.1) is 10.8 Å². The van der Waals surface area contributed by atoms with E-state index in [2.05, 4.69) is 15.5 Å². The molecule has 0 fully saturated rings. The molecule has 4 N–H and O–H groups in total. The molecule has 0 radical (unpaired) electrons. The lowest BCUT2D eigenvalue weighted by atomic mass is 10.3. The van der Waals surface area contributed by atoms with Crippen molar-refractivity contribution in [1.29, 1.82) is 0 Å². The van der Waals surface area contributed by atoms with Crippen molar-refractivity contribution in [2.45, 2.75) is 11.9 Å². The van der Waals surface area contributed by atoms with Crippen molar-refractivity contribution >= 4 is 23.5 Å². The van der Waals surface area contributed by atoms with Crippen LogP contribution in [-0.4, -0.2) is 34.2 Å². The number of oxime groups is 1. The van der Waals surface area contributed by atoms with E-state index < -0.39 is 0 Å². The summed E-state index contributed by atoms with van der Waals surface area (Å²) in [5, 5.41) is 14.7. The van der Waals surface area contributed by atoms with Crippen LogP contribution < -0.4 is 11.1 Å². The Morgan fingerprint density at radius 3 is 3.06 bits per heavy atom. The van der Waals surface area contributed by atoms with E-state index in [9.17, 15) is 4.79 Å². The summed E-state index contributed by atoms with van der Waals surface area (Å²) in [5.41, 5.74) is 5.80. The van der Waals surface area contributed by atoms with E-state index in [1.165, 1.54) is 11.8 Å². The van der Waals surface area contributed by atoms with Crippen LogP contribution in [0.4, 0.5) is 0 Å². The molecule has 0 aliphatic rings. The molecule has 0 aliphatic heterocycles. The number of nitrogens with two attached hydrogens (primary N) is 1. The van der Waals surface area contributed by atoms with Gasteiger partial charge in [-0.25, -0.2) is 4.98 Å². The summed E-state index contributed by atoms with van der Waals surface area (Å²) in [6.07, 6.45) is 0. The number of aromatic nitrogens is 1. The van der Waals surface area contributed by atoms with E-state index in [0.717, 1.165) is 0 Å². The number of amides is 1. The van der Waals surface area contributed by atoms with E-state index in [0.29, 0.717) is 23.0 Å². The monoisotopic (exact) mass is 254 g/mol. The first-order valence-electron chi connectivity index (χ1n) is 5.01. The molecule has 0 spiro atoms. The fourth-order valence-corrected chi connectivity index (χ4v) is 1.80. The number of carbonyl (C=O) groups excluding carboxylic acids is 1. The van der Waals surface area contributed by atoms with Crippen molar-refractivity contribution in [3.05, 3.63) is 23.9 Å². The predicted molar refractivity (Wildman–Crippen MR) is 66.2 cm³/mol. The Morgan fingerprint density at radius 1 is 1.65 bits per heavy atom. The summed E-state index contributed by atoms with van der Waals surface area (Å²) in [6, 6.07) is 5.13. The van der Waals surface area contributed by atoms with Crippen LogP contribution in [0.1, 0.15) is 12.6 Å². The SMILES string of the molecule is CCNC(=O)CSc1cccc(/C(N)=N/O)n1. The lowest BCUT2D eigenvalue weighted by Gasteiger charge is -2.03. The second-order valence-corrected chi connectivity index (χ2v) is 4.08. The van der Waals surface area contributed by atoms with Crippen LogP contribution in [0, 0.1) is 0 Å². The molecule has 0 unspecified atom stereocenters. The predicted octanol–water partition coefficient (Wildman–Crippen LogP) is 0.404. The molecule has 0 saturated carbocycles. The zero-order valence-electron chi connectivity index (χ0n) is 9.38. The number of rotatable bonds is 5. The van der Waals surface area contributed by atoms with Crippen LogP contribution in [0.15, 0.2) is 28.4 Å². The van der Waals surface area contributed by atoms with Gasteiger partial charge in [0, 0.05) is 6.54 Å². The maximum absolute atomic E-state index is 11.2. The minimum Gasteiger partial charge on any atom is -0.409 e. The summed E-state index contributed by atoms with van der Waals surface area (Å²) in [6.45, 7) is 2.47. The number of amidine groups is 1. The molecule has 0 aliphatic carbocycles. The number of hydrogen-bond acceptors (Lipinski definition) is 5. The molecule has 1 aromatic heterocycles. The number of nitrogens with zero attached hydrogens (tertiary/aromatic N) is 2. The molecule has 1 amide bonds. The number of carbonyl (C=O) groups is 1. The topological polar surface area (TPSA) is 101 Å². The largest absolute Gasteiger partial charge is 0.409 e. The van der Waals surface area contributed by atoms with Gasteiger partial charge in [0.2, 0.25) is 5.91 Å². The van der Waals surface area contributed by atoms with Crippen molar-refractivity contribution in [2.24, 2.45) is 10.9 Å². The molecule has 0 aromatic carbocycles. The molecule has 1 rings (SSSR count). The van der Waals surface area contributed by atoms with Crippen molar-refractivity contribution in [2.75, 3.05) is 12.3 Å². The fourth-order valence-electron chi connectivity index (χ4n) is 1.08. The minimum absolute atomic E-state index is 0.0477. The van der Waals surface area contributed by atoms with Gasteiger partial charge in [0.25, 0.3) is 0 Å². The van der Waals surface area contributed by atoms with E-state index >= 15 is 0 Å². The second-order valence-electron chi connectivity index (χ2n) is 3.09. The van der Waals surface area contributed by atoms with Gasteiger partial charge in [0.15, 0.2) is 5.84 Å². The average molecular weight is 254 g/mol. The Kier molecular flexibility index (Phi) is 5.28. The molecular weight excluding hydrogens is 240 g/mol. The molecule has 17 heavy (non-hydrogen) atoms. The minimum atomic E-state index is -0.0505. The highest BCUT2D eigenvalue weighted by Crippen LogP contribution is 2.14. The highest BCUT2D eigenvalue weighted by atomic mass is 32.2. The standard InChI is InChI=1S/C10H14N4O2S/c1-2-12-8(15)6-17-9-5-3-4-7(13-9)10(11)14-16/h3-5,16H,2,6H2,1H3,(H2,11,14)(H,12,15). The van der Waals surface area contributed by atoms with E-state index in [4.69, 9.17) is 10.9 Å². The first-order valence-corrected chi connectivity index (χ1v) is 6.00. The quantitative estimate of drug-likeness (QED) is 0.232. The summed E-state index contributed by atoms with van der Waals surface area (Å²) in [5.74, 6) is 0.194. The molecule has 92 valence electrons. The van der Waals surface area contributed by atoms with E-state index in [1.807, 2.05) is 6.92 Å². The summed E-state index contributed by atoms with van der Waals surface area (Å²) in [4.78, 5) is 15.4. The van der Waals surface area contributed by atoms with Gasteiger partial charge in [-0.05, 0) is 19.1 Å². The first kappa shape index (κ1) is 13.3. The second kappa shape index (κ2) is 6.74. The fraction of sp³-hybridized carbons (Fsp3) is 0.300. The number of hydrogen-bond donors (Lipinski definition) is 3. The van der Waals surface area contributed by atoms with Crippen LogP contribution in [-0.2, 0) is 4.79 Å². The van der Waals surface area contributed by atoms with Gasteiger partial charge in [-0.15, -0.1) is 0 Å². The molecule has 0 atom stereocenters. The average Bonchev–Trinajstić information content (AvgIpc) is 2.36. The molecule has 6 nitrogen and oxygen atoms in total. The van der Waals surface area contributed by atoms with Crippen molar-refractivity contribution in [3.8, 4) is 0 Å². The van der Waals surface area contributed by atoms with Crippen molar-refractivity contribution < 1.29 is 10.0 Å². The Morgan fingerprint density at radius 2 is 2.41 bits per heavy atom. The van der Waals surface area contributed by atoms with Gasteiger partial charge in [-0.3, -0.25) is 4.79 Å². The molecule has 1 heterocycles. The molecule has 1 aromatic rings. The number of pyridine rings is 1. The molecule has 0 saturated heterocycles. The zero-order valence-corrected chi connectivity index (χ0v) is 10.2. The smallest absolute Gasteiger partial charge is 0.230 e. The third-order valence-corrected chi connectivity index (χ3v) is 2.75. The number of thioether (sulfide) groups is 1. The number of nitrogens with one attached hydrogen (secondary N) is 1. The van der Waals surface area contributed by atoms with E-state index in [-0.39, 0.29) is 11.7 Å². The van der Waals surface area contributed by atoms with Gasteiger partial charge in [-0.2, -0.15) is 0 Å². The van der Waals surface area contributed by atoms with Crippen molar-refractivity contribution in [1.82, 2.24) is 10.3 Å². The Bertz CT molecular complexity index is 423. The van der Waals surface area contributed by atoms with Gasteiger partial charge >= 0.3 is 0 Å². The normalized spacial score (nSPS) is 11.2. The van der Waals surface area contributed by atoms with Crippen LogP contribution in [0.5, 0.6) is 0 Å². The first-order chi connectivity index (χ1) is 8.17. The van der Waals surface area contributed by atoms with Gasteiger partial charge in [0.1, 0.15) is 5.69 Å². The van der Waals surface area contributed by atoms with Crippen LogP contribution in [0.25, 0.3) is 0 Å². The lowest BCUT2D eigenvalue weighted by Crippen LogP contribution is -2.24. The van der Waals surface area contributed by atoms with E-state index in [1.54, 1.807) is 18.2 Å². The maximum Gasteiger partial charge on any atom is 0.230 e. The van der Waals surface area contributed by atoms with Gasteiger partial charge in [-0.1, -0.05) is 23.0 Å². The third kappa shape index (κ3) is 4.31. The van der Waals surface area contributed by atoms with Crippen molar-refractivity contribution in [3.63, 3.8) is 0 Å². The highest BCUT2D eigenvalue weighted by molar-refractivity contribution is 7.99. The lowest BCUT2D eigenvalue weighted by molar-refractivity contribution is -0.118. The highest BCUT2D eigenvalue weighted by Gasteiger charge is 2.05. The summed E-state index contributed by atoms with van der Waals surface area (Å²) < 4.78 is 0. The Balaban J connectivity index is 2.63. The third-order valence-electron chi connectivity index (χ3n) is 1.82. The molecule has 0 bridgehead atoms. The zero-order chi connectivity index (χ0) is 12.7. The molecule has 7 heteroatoms.